The van der Waals surface area contributed by atoms with Crippen LogP contribution in [0.3, 0.4) is 0 Å². The zero-order valence-electron chi connectivity index (χ0n) is 20.0. The highest BCUT2D eigenvalue weighted by Gasteiger charge is 2.34. The maximum absolute atomic E-state index is 13.8. The Balaban J connectivity index is 1.50. The number of hydrogen-bond donors (Lipinski definition) is 2. The summed E-state index contributed by atoms with van der Waals surface area (Å²) in [7, 11) is 1.54. The van der Waals surface area contributed by atoms with E-state index in [1.807, 2.05) is 43.3 Å². The first kappa shape index (κ1) is 24.9. The Hall–Kier alpha value is -3.82. The lowest BCUT2D eigenvalue weighted by atomic mass is 9.95. The van der Waals surface area contributed by atoms with Gasteiger partial charge < -0.3 is 15.4 Å². The van der Waals surface area contributed by atoms with Gasteiger partial charge in [-0.3, -0.25) is 4.79 Å². The number of carbonyl (C=O) groups excluding carboxylic acids is 1. The number of aromatic nitrogens is 3. The predicted octanol–water partition coefficient (Wildman–Crippen LogP) is 6.30. The van der Waals surface area contributed by atoms with Crippen LogP contribution in [-0.4, -0.2) is 27.8 Å². The Morgan fingerprint density at radius 3 is 2.62 bits per heavy atom. The Labute approximate surface area is 222 Å². The van der Waals surface area contributed by atoms with E-state index in [4.69, 9.17) is 21.4 Å². The van der Waals surface area contributed by atoms with Gasteiger partial charge in [-0.25, -0.2) is 9.07 Å². The first-order chi connectivity index (χ1) is 17.9. The molecule has 3 aromatic carbocycles. The maximum Gasteiger partial charge on any atom is 0.255 e. The van der Waals surface area contributed by atoms with Crippen LogP contribution < -0.4 is 15.4 Å². The molecule has 0 aliphatic carbocycles. The topological polar surface area (TPSA) is 81.1 Å². The average molecular weight is 536 g/mol. The number of benzene rings is 3. The van der Waals surface area contributed by atoms with Crippen molar-refractivity contribution in [1.29, 1.82) is 0 Å². The van der Waals surface area contributed by atoms with Gasteiger partial charge in [-0.2, -0.15) is 4.98 Å². The Kier molecular flexibility index (Phi) is 7.16. The second-order valence-corrected chi connectivity index (χ2v) is 9.66. The number of hydrogen-bond acceptors (Lipinski definition) is 6. The van der Waals surface area contributed by atoms with E-state index in [1.54, 1.807) is 36.1 Å². The van der Waals surface area contributed by atoms with Crippen LogP contribution in [0.5, 0.6) is 5.75 Å². The fourth-order valence-corrected chi connectivity index (χ4v) is 5.25. The summed E-state index contributed by atoms with van der Waals surface area (Å²) in [4.78, 5) is 18.3. The van der Waals surface area contributed by atoms with Crippen LogP contribution in [0.15, 0.2) is 89.2 Å². The number of fused-ring (bicyclic) bond motifs is 1. The van der Waals surface area contributed by atoms with Gasteiger partial charge in [0.1, 0.15) is 17.6 Å². The quantitative estimate of drug-likeness (QED) is 0.270. The van der Waals surface area contributed by atoms with E-state index >= 15 is 0 Å². The lowest BCUT2D eigenvalue weighted by molar-refractivity contribution is -0.113. The summed E-state index contributed by atoms with van der Waals surface area (Å²) < 4.78 is 20.8. The summed E-state index contributed by atoms with van der Waals surface area (Å²) in [5.41, 5.74) is 3.24. The highest BCUT2D eigenvalue weighted by molar-refractivity contribution is 7.98. The van der Waals surface area contributed by atoms with Crippen LogP contribution in [0.25, 0.3) is 0 Å². The maximum atomic E-state index is 13.8. The van der Waals surface area contributed by atoms with Crippen LogP contribution in [-0.2, 0) is 10.5 Å². The number of methoxy groups -OCH3 is 1. The number of rotatable bonds is 7. The van der Waals surface area contributed by atoms with Gasteiger partial charge in [-0.15, -0.1) is 5.10 Å². The van der Waals surface area contributed by atoms with E-state index in [2.05, 4.69) is 15.6 Å². The summed E-state index contributed by atoms with van der Waals surface area (Å²) in [6, 6.07) is 20.2. The summed E-state index contributed by atoms with van der Waals surface area (Å²) in [6.45, 7) is 1.81. The molecule has 1 aliphatic heterocycles. The molecule has 1 amide bonds. The third-order valence-electron chi connectivity index (χ3n) is 5.93. The number of ether oxygens (including phenoxy) is 1. The molecule has 2 heterocycles. The van der Waals surface area contributed by atoms with E-state index < -0.39 is 6.04 Å². The SMILES string of the molecule is COc1ccccc1NC(=O)C1=C(C)Nc2nc(SCc3ccccc3Cl)nn2C1c1ccc(F)cc1. The van der Waals surface area contributed by atoms with Gasteiger partial charge in [-0.1, -0.05) is 65.8 Å². The number of amides is 1. The van der Waals surface area contributed by atoms with Gasteiger partial charge >= 0.3 is 0 Å². The van der Waals surface area contributed by atoms with Crippen molar-refractivity contribution in [1.82, 2.24) is 14.8 Å². The molecule has 0 bridgehead atoms. The van der Waals surface area contributed by atoms with Crippen molar-refractivity contribution in [2.75, 3.05) is 17.7 Å². The minimum absolute atomic E-state index is 0.338. The minimum Gasteiger partial charge on any atom is -0.495 e. The molecule has 4 aromatic rings. The first-order valence-corrected chi connectivity index (χ1v) is 12.8. The Morgan fingerprint density at radius 2 is 1.86 bits per heavy atom. The Bertz CT molecular complexity index is 1490. The molecule has 0 saturated carbocycles. The van der Waals surface area contributed by atoms with Crippen LogP contribution in [0.4, 0.5) is 16.0 Å². The molecule has 1 atom stereocenters. The molecule has 2 N–H and O–H groups in total. The van der Waals surface area contributed by atoms with Crippen LogP contribution in [0, 0.1) is 5.82 Å². The number of allylic oxidation sites excluding steroid dienone is 1. The second-order valence-electron chi connectivity index (χ2n) is 8.31. The summed E-state index contributed by atoms with van der Waals surface area (Å²) in [6.07, 6.45) is 0. The lowest BCUT2D eigenvalue weighted by Crippen LogP contribution is -2.31. The van der Waals surface area contributed by atoms with E-state index in [0.717, 1.165) is 5.56 Å². The van der Waals surface area contributed by atoms with Crippen molar-refractivity contribution in [3.63, 3.8) is 0 Å². The number of para-hydroxylation sites is 2. The normalized spacial score (nSPS) is 14.6. The number of halogens is 2. The van der Waals surface area contributed by atoms with E-state index in [-0.39, 0.29) is 11.7 Å². The summed E-state index contributed by atoms with van der Waals surface area (Å²) in [5.74, 6) is 0.902. The molecule has 0 spiro atoms. The molecule has 0 radical (unpaired) electrons. The van der Waals surface area contributed by atoms with Crippen molar-refractivity contribution in [2.24, 2.45) is 0 Å². The van der Waals surface area contributed by atoms with Gasteiger partial charge in [0.15, 0.2) is 0 Å². The molecule has 10 heteroatoms. The van der Waals surface area contributed by atoms with Gasteiger partial charge in [0.05, 0.1) is 18.4 Å². The smallest absolute Gasteiger partial charge is 0.255 e. The summed E-state index contributed by atoms with van der Waals surface area (Å²) in [5, 5.41) is 12.1. The highest BCUT2D eigenvalue weighted by Crippen LogP contribution is 2.38. The molecule has 0 saturated heterocycles. The minimum atomic E-state index is -0.631. The van der Waals surface area contributed by atoms with Crippen molar-refractivity contribution in [3.8, 4) is 5.75 Å². The fraction of sp³-hybridized carbons (Fsp3) is 0.148. The molecule has 1 aliphatic rings. The van der Waals surface area contributed by atoms with Gasteiger partial charge in [0.2, 0.25) is 11.1 Å². The lowest BCUT2D eigenvalue weighted by Gasteiger charge is -2.28. The molecule has 7 nitrogen and oxygen atoms in total. The zero-order chi connectivity index (χ0) is 25.9. The molecule has 1 unspecified atom stereocenters. The van der Waals surface area contributed by atoms with Gasteiger partial charge in [-0.05, 0) is 48.4 Å². The van der Waals surface area contributed by atoms with Crippen molar-refractivity contribution >= 4 is 40.9 Å². The van der Waals surface area contributed by atoms with Crippen molar-refractivity contribution in [3.05, 3.63) is 106 Å². The molecule has 188 valence electrons. The fourth-order valence-electron chi connectivity index (χ4n) is 4.14. The van der Waals surface area contributed by atoms with Crippen LogP contribution in [0.2, 0.25) is 5.02 Å². The molecular weight excluding hydrogens is 513 g/mol. The van der Waals surface area contributed by atoms with Gasteiger partial charge in [0.25, 0.3) is 5.91 Å². The van der Waals surface area contributed by atoms with Gasteiger partial charge in [0, 0.05) is 16.5 Å². The van der Waals surface area contributed by atoms with Crippen LogP contribution >= 0.6 is 23.4 Å². The van der Waals surface area contributed by atoms with Crippen molar-refractivity contribution in [2.45, 2.75) is 23.9 Å². The molecule has 37 heavy (non-hydrogen) atoms. The second kappa shape index (κ2) is 10.7. The molecular formula is C27H23ClFN5O2S. The molecule has 5 rings (SSSR count). The third-order valence-corrected chi connectivity index (χ3v) is 7.19. The van der Waals surface area contributed by atoms with Crippen LogP contribution in [0.1, 0.15) is 24.1 Å². The number of carbonyl (C=O) groups is 1. The first-order valence-electron chi connectivity index (χ1n) is 11.4. The number of nitrogens with one attached hydrogen (secondary N) is 2. The molecule has 0 fully saturated rings. The monoisotopic (exact) mass is 535 g/mol. The zero-order valence-corrected chi connectivity index (χ0v) is 21.6. The number of anilines is 2. The largest absolute Gasteiger partial charge is 0.495 e. The van der Waals surface area contributed by atoms with E-state index in [1.165, 1.54) is 23.9 Å². The number of thioether (sulfide) groups is 1. The third kappa shape index (κ3) is 5.19. The standard InChI is InChI=1S/C27H23ClFN5O2S/c1-16-23(25(35)31-21-9-5-6-10-22(21)36-2)24(17-11-13-19(29)14-12-17)34-26(30-16)32-27(33-34)37-15-18-7-3-4-8-20(18)28/h3-14,24H,15H2,1-2H3,(H,31,35)(H,30,32,33). The predicted molar refractivity (Wildman–Crippen MR) is 144 cm³/mol. The van der Waals surface area contributed by atoms with E-state index in [0.29, 0.717) is 50.2 Å². The highest BCUT2D eigenvalue weighted by atomic mass is 35.5. The summed E-state index contributed by atoms with van der Waals surface area (Å²) >= 11 is 7.74. The average Bonchev–Trinajstić information content (AvgIpc) is 3.30. The van der Waals surface area contributed by atoms with E-state index in [9.17, 15) is 9.18 Å². The Morgan fingerprint density at radius 1 is 1.14 bits per heavy atom. The van der Waals surface area contributed by atoms with Crippen molar-refractivity contribution < 1.29 is 13.9 Å². The number of nitrogens with zero attached hydrogens (tertiary/aromatic N) is 3. The molecule has 1 aromatic heterocycles.